The Morgan fingerprint density at radius 1 is 1.05 bits per heavy atom. The van der Waals surface area contributed by atoms with Crippen molar-refractivity contribution < 1.29 is 4.79 Å². The van der Waals surface area contributed by atoms with E-state index >= 15 is 0 Å². The van der Waals surface area contributed by atoms with Crippen molar-refractivity contribution in [3.63, 3.8) is 0 Å². The first-order valence-electron chi connectivity index (χ1n) is 6.33. The summed E-state index contributed by atoms with van der Waals surface area (Å²) in [6, 6.07) is 17.0. The first-order valence-corrected chi connectivity index (χ1v) is 6.71. The van der Waals surface area contributed by atoms with E-state index in [0.29, 0.717) is 11.6 Å². The highest BCUT2D eigenvalue weighted by Gasteiger charge is 1.96. The summed E-state index contributed by atoms with van der Waals surface area (Å²) in [5, 5.41) is 3.48. The Balaban J connectivity index is 1.78. The average molecular weight is 284 g/mol. The Morgan fingerprint density at radius 2 is 1.75 bits per heavy atom. The minimum atomic E-state index is -0.261. The van der Waals surface area contributed by atoms with Crippen molar-refractivity contribution in [1.82, 2.24) is 5.32 Å². The van der Waals surface area contributed by atoms with Gasteiger partial charge < -0.3 is 5.32 Å². The molecule has 20 heavy (non-hydrogen) atoms. The molecule has 0 fully saturated rings. The fourth-order valence-electron chi connectivity index (χ4n) is 1.67. The zero-order chi connectivity index (χ0) is 14.2. The topological polar surface area (TPSA) is 29.1 Å². The smallest absolute Gasteiger partial charge is 0.296 e. The number of hydrogen-bond acceptors (Lipinski definition) is 1. The molecule has 2 aromatic carbocycles. The molecule has 0 aliphatic carbocycles. The van der Waals surface area contributed by atoms with Crippen LogP contribution in [0.2, 0.25) is 5.02 Å². The molecule has 0 radical (unpaired) electrons. The third kappa shape index (κ3) is 4.79. The molecular weight excluding hydrogens is 270 g/mol. The van der Waals surface area contributed by atoms with Crippen LogP contribution in [0.15, 0.2) is 54.6 Å². The van der Waals surface area contributed by atoms with Crippen LogP contribution in [0.4, 0.5) is 0 Å². The molecule has 0 bridgehead atoms. The molecule has 0 atom stereocenters. The predicted molar refractivity (Wildman–Crippen MR) is 81.5 cm³/mol. The van der Waals surface area contributed by atoms with Crippen molar-refractivity contribution in [2.24, 2.45) is 0 Å². The second-order valence-electron chi connectivity index (χ2n) is 4.25. The molecule has 2 rings (SSSR count). The fraction of sp³-hybridized carbons (Fsp3) is 0.118. The lowest BCUT2D eigenvalue weighted by atomic mass is 10.1. The Hall–Kier alpha value is -2.24. The van der Waals surface area contributed by atoms with Crippen LogP contribution in [-0.4, -0.2) is 12.5 Å². The summed E-state index contributed by atoms with van der Waals surface area (Å²) in [5.74, 6) is 5.13. The lowest BCUT2D eigenvalue weighted by Crippen LogP contribution is -2.23. The van der Waals surface area contributed by atoms with Gasteiger partial charge in [-0.2, -0.15) is 0 Å². The van der Waals surface area contributed by atoms with E-state index in [1.165, 1.54) is 0 Å². The van der Waals surface area contributed by atoms with Crippen molar-refractivity contribution in [2.45, 2.75) is 6.42 Å². The van der Waals surface area contributed by atoms with E-state index in [9.17, 15) is 4.79 Å². The van der Waals surface area contributed by atoms with E-state index in [-0.39, 0.29) is 5.91 Å². The molecule has 0 saturated carbocycles. The Bertz CT molecular complexity index is 624. The molecule has 0 spiro atoms. The SMILES string of the molecule is O=C(C#Cc1ccccc1)NCCc1ccc(Cl)cc1. The van der Waals surface area contributed by atoms with Crippen LogP contribution in [-0.2, 0) is 11.2 Å². The molecule has 3 heteroatoms. The molecule has 0 aliphatic rings. The highest BCUT2D eigenvalue weighted by atomic mass is 35.5. The molecular formula is C17H14ClNO. The van der Waals surface area contributed by atoms with Crippen molar-refractivity contribution in [1.29, 1.82) is 0 Å². The Kier molecular flexibility index (Phi) is 5.23. The van der Waals surface area contributed by atoms with Gasteiger partial charge in [0.15, 0.2) is 0 Å². The van der Waals surface area contributed by atoms with Gasteiger partial charge in [-0.25, -0.2) is 0 Å². The monoisotopic (exact) mass is 283 g/mol. The number of benzene rings is 2. The van der Waals surface area contributed by atoms with E-state index in [0.717, 1.165) is 17.5 Å². The highest BCUT2D eigenvalue weighted by Crippen LogP contribution is 2.09. The van der Waals surface area contributed by atoms with Gasteiger partial charge in [0.1, 0.15) is 0 Å². The lowest BCUT2D eigenvalue weighted by Gasteiger charge is -2.01. The van der Waals surface area contributed by atoms with E-state index in [1.807, 2.05) is 54.6 Å². The van der Waals surface area contributed by atoms with Gasteiger partial charge in [0.2, 0.25) is 0 Å². The predicted octanol–water partition coefficient (Wildman–Crippen LogP) is 3.05. The standard InChI is InChI=1S/C17H14ClNO/c18-16-9-6-15(7-10-16)12-13-19-17(20)11-8-14-4-2-1-3-5-14/h1-7,9-10H,12-13H2,(H,19,20). The van der Waals surface area contributed by atoms with Gasteiger partial charge in [-0.1, -0.05) is 47.9 Å². The zero-order valence-electron chi connectivity index (χ0n) is 10.9. The zero-order valence-corrected chi connectivity index (χ0v) is 11.7. The molecule has 2 aromatic rings. The van der Waals surface area contributed by atoms with Gasteiger partial charge in [0.05, 0.1) is 0 Å². The lowest BCUT2D eigenvalue weighted by molar-refractivity contribution is -0.115. The quantitative estimate of drug-likeness (QED) is 0.862. The number of halogens is 1. The summed E-state index contributed by atoms with van der Waals surface area (Å²) in [7, 11) is 0. The van der Waals surface area contributed by atoms with Crippen LogP contribution >= 0.6 is 11.6 Å². The summed E-state index contributed by atoms with van der Waals surface area (Å²) in [4.78, 5) is 11.6. The molecule has 0 saturated heterocycles. The van der Waals surface area contributed by atoms with Gasteiger partial charge in [-0.3, -0.25) is 4.79 Å². The normalized spacial score (nSPS) is 9.45. The second-order valence-corrected chi connectivity index (χ2v) is 4.68. The number of carbonyl (C=O) groups excluding carboxylic acids is 1. The van der Waals surface area contributed by atoms with E-state index < -0.39 is 0 Å². The summed E-state index contributed by atoms with van der Waals surface area (Å²) < 4.78 is 0. The first kappa shape index (κ1) is 14.2. The minimum Gasteiger partial charge on any atom is -0.345 e. The largest absolute Gasteiger partial charge is 0.345 e. The maximum atomic E-state index is 11.6. The Labute approximate surface area is 123 Å². The second kappa shape index (κ2) is 7.37. The van der Waals surface area contributed by atoms with Crippen LogP contribution in [0.1, 0.15) is 11.1 Å². The summed E-state index contributed by atoms with van der Waals surface area (Å²) in [6.07, 6.45) is 0.760. The van der Waals surface area contributed by atoms with Crippen molar-refractivity contribution >= 4 is 17.5 Å². The summed E-state index contributed by atoms with van der Waals surface area (Å²) in [6.45, 7) is 0.559. The van der Waals surface area contributed by atoms with Gasteiger partial charge in [-0.15, -0.1) is 0 Å². The number of hydrogen-bond donors (Lipinski definition) is 1. The number of nitrogens with one attached hydrogen (secondary N) is 1. The maximum absolute atomic E-state index is 11.6. The molecule has 0 aliphatic heterocycles. The third-order valence-electron chi connectivity index (χ3n) is 2.71. The Morgan fingerprint density at radius 3 is 2.45 bits per heavy atom. The molecule has 0 heterocycles. The van der Waals surface area contributed by atoms with Gasteiger partial charge in [0, 0.05) is 23.1 Å². The van der Waals surface area contributed by atoms with Crippen LogP contribution in [0.25, 0.3) is 0 Å². The fourth-order valence-corrected chi connectivity index (χ4v) is 1.79. The molecule has 0 unspecified atom stereocenters. The van der Waals surface area contributed by atoms with E-state index in [4.69, 9.17) is 11.6 Å². The van der Waals surface area contributed by atoms with Gasteiger partial charge >= 0.3 is 0 Å². The van der Waals surface area contributed by atoms with Crippen LogP contribution in [0.3, 0.4) is 0 Å². The van der Waals surface area contributed by atoms with E-state index in [1.54, 1.807) is 0 Å². The van der Waals surface area contributed by atoms with Gasteiger partial charge in [0.25, 0.3) is 5.91 Å². The molecule has 2 nitrogen and oxygen atoms in total. The molecule has 100 valence electrons. The van der Waals surface area contributed by atoms with E-state index in [2.05, 4.69) is 17.2 Å². The maximum Gasteiger partial charge on any atom is 0.296 e. The summed E-state index contributed by atoms with van der Waals surface area (Å²) >= 11 is 5.81. The van der Waals surface area contributed by atoms with Crippen molar-refractivity contribution in [3.05, 3.63) is 70.7 Å². The van der Waals surface area contributed by atoms with Crippen LogP contribution in [0.5, 0.6) is 0 Å². The molecule has 0 aromatic heterocycles. The number of amides is 1. The molecule has 1 N–H and O–H groups in total. The van der Waals surface area contributed by atoms with Crippen molar-refractivity contribution in [2.75, 3.05) is 6.54 Å². The highest BCUT2D eigenvalue weighted by molar-refractivity contribution is 6.30. The van der Waals surface area contributed by atoms with Gasteiger partial charge in [-0.05, 0) is 36.2 Å². The summed E-state index contributed by atoms with van der Waals surface area (Å²) in [5.41, 5.74) is 1.96. The van der Waals surface area contributed by atoms with Crippen LogP contribution < -0.4 is 5.32 Å². The average Bonchev–Trinajstić information content (AvgIpc) is 2.48. The molecule has 1 amide bonds. The minimum absolute atomic E-state index is 0.261. The first-order chi connectivity index (χ1) is 9.74. The third-order valence-corrected chi connectivity index (χ3v) is 2.96. The van der Waals surface area contributed by atoms with Crippen LogP contribution in [0, 0.1) is 11.8 Å². The van der Waals surface area contributed by atoms with Crippen molar-refractivity contribution in [3.8, 4) is 11.8 Å². The number of carbonyl (C=O) groups is 1. The number of rotatable bonds is 3.